The highest BCUT2D eigenvalue weighted by Crippen LogP contribution is 2.38. The molecular weight excluding hydrogens is 260 g/mol. The number of hydrogen-bond acceptors (Lipinski definition) is 4. The first-order chi connectivity index (χ1) is 9.34. The van der Waals surface area contributed by atoms with Gasteiger partial charge in [0.15, 0.2) is 0 Å². The Morgan fingerprint density at radius 1 is 1.37 bits per heavy atom. The Kier molecular flexibility index (Phi) is 2.81. The van der Waals surface area contributed by atoms with E-state index in [2.05, 4.69) is 23.2 Å². The van der Waals surface area contributed by atoms with E-state index < -0.39 is 0 Å². The molecule has 1 aromatic carbocycles. The molecule has 0 radical (unpaired) electrons. The van der Waals surface area contributed by atoms with E-state index >= 15 is 0 Å². The number of fused-ring (bicyclic) bond motifs is 5. The van der Waals surface area contributed by atoms with Gasteiger partial charge in [-0.3, -0.25) is 4.84 Å². The lowest BCUT2D eigenvalue weighted by Gasteiger charge is -2.34. The molecule has 0 unspecified atom stereocenters. The average Bonchev–Trinajstić information content (AvgIpc) is 2.70. The third-order valence-corrected chi connectivity index (χ3v) is 4.84. The van der Waals surface area contributed by atoms with Gasteiger partial charge in [-0.1, -0.05) is 18.2 Å². The Balaban J connectivity index is 1.88. The molecule has 1 saturated heterocycles. The van der Waals surface area contributed by atoms with Crippen LogP contribution in [-0.4, -0.2) is 39.5 Å². The maximum atomic E-state index is 10.4. The number of hydrogen-bond donors (Lipinski definition) is 2. The highest BCUT2D eigenvalue weighted by Gasteiger charge is 2.37. The Labute approximate surface area is 115 Å². The Morgan fingerprint density at radius 2 is 2.26 bits per heavy atom. The molecule has 1 aromatic heterocycles. The molecule has 2 aliphatic heterocycles. The van der Waals surface area contributed by atoms with Crippen LogP contribution in [0.4, 0.5) is 0 Å². The van der Waals surface area contributed by atoms with Gasteiger partial charge in [-0.05, 0) is 18.1 Å². The first-order valence-corrected chi connectivity index (χ1v) is 7.75. The molecule has 1 fully saturated rings. The van der Waals surface area contributed by atoms with Crippen molar-refractivity contribution in [2.24, 2.45) is 0 Å². The molecule has 2 aromatic rings. The standard InChI is InChI=1S/C14H16N2O2S/c17-12-7-19-8-18-16-6-5-10-9-3-1-2-4-11(9)15-13(10)14(12)16/h1-4,12,14-15,17H,5-8H2/t12-,14+/m1/s1. The second-order valence-electron chi connectivity index (χ2n) is 5.08. The van der Waals surface area contributed by atoms with Gasteiger partial charge >= 0.3 is 0 Å². The predicted molar refractivity (Wildman–Crippen MR) is 75.9 cm³/mol. The van der Waals surface area contributed by atoms with Gasteiger partial charge < -0.3 is 10.1 Å². The predicted octanol–water partition coefficient (Wildman–Crippen LogP) is 2.06. The average molecular weight is 276 g/mol. The molecule has 2 N–H and O–H groups in total. The summed E-state index contributed by atoms with van der Waals surface area (Å²) in [4.78, 5) is 9.23. The summed E-state index contributed by atoms with van der Waals surface area (Å²) in [5.74, 6) is 1.35. The number of para-hydroxylation sites is 1. The minimum absolute atomic E-state index is 0.0638. The second-order valence-corrected chi connectivity index (χ2v) is 6.06. The van der Waals surface area contributed by atoms with Gasteiger partial charge in [-0.25, -0.2) is 0 Å². The number of rotatable bonds is 0. The number of thioether (sulfide) groups is 1. The van der Waals surface area contributed by atoms with Gasteiger partial charge in [-0.2, -0.15) is 5.06 Å². The molecule has 3 heterocycles. The molecule has 19 heavy (non-hydrogen) atoms. The minimum atomic E-state index is -0.389. The Morgan fingerprint density at radius 3 is 3.21 bits per heavy atom. The lowest BCUT2D eigenvalue weighted by atomic mass is 9.96. The van der Waals surface area contributed by atoms with Gasteiger partial charge in [-0.15, -0.1) is 11.8 Å². The van der Waals surface area contributed by atoms with E-state index in [9.17, 15) is 5.11 Å². The maximum Gasteiger partial charge on any atom is 0.114 e. The fourth-order valence-corrected chi connectivity index (χ4v) is 3.87. The summed E-state index contributed by atoms with van der Waals surface area (Å²) in [5, 5.41) is 13.6. The number of hydroxylamine groups is 2. The van der Waals surface area contributed by atoms with Crippen molar-refractivity contribution in [3.63, 3.8) is 0 Å². The minimum Gasteiger partial charge on any atom is -0.390 e. The first kappa shape index (κ1) is 11.8. The monoisotopic (exact) mass is 276 g/mol. The Bertz CT molecular complexity index is 613. The molecule has 5 heteroatoms. The molecule has 4 nitrogen and oxygen atoms in total. The molecule has 0 spiro atoms. The summed E-state index contributed by atoms with van der Waals surface area (Å²) < 4.78 is 0. The van der Waals surface area contributed by atoms with Crippen LogP contribution in [0, 0.1) is 0 Å². The number of nitrogens with one attached hydrogen (secondary N) is 1. The zero-order valence-corrected chi connectivity index (χ0v) is 11.3. The van der Waals surface area contributed by atoms with Crippen LogP contribution in [-0.2, 0) is 11.3 Å². The third kappa shape index (κ3) is 1.80. The summed E-state index contributed by atoms with van der Waals surface area (Å²) >= 11 is 1.64. The Hall–Kier alpha value is -1.01. The van der Waals surface area contributed by atoms with E-state index in [1.165, 1.54) is 10.9 Å². The SMILES string of the molecule is O[C@@H]1CSCON2CCc3c([nH]c4ccccc34)[C@H]12. The molecule has 0 saturated carbocycles. The van der Waals surface area contributed by atoms with Gasteiger partial charge in [0.25, 0.3) is 0 Å². The summed E-state index contributed by atoms with van der Waals surface area (Å²) in [7, 11) is 0. The molecule has 100 valence electrons. The number of benzene rings is 1. The molecule has 2 atom stereocenters. The molecule has 0 aliphatic carbocycles. The summed E-state index contributed by atoms with van der Waals surface area (Å²) in [6.45, 7) is 0.844. The van der Waals surface area contributed by atoms with Gasteiger partial charge in [0.2, 0.25) is 0 Å². The van der Waals surface area contributed by atoms with Gasteiger partial charge in [0.05, 0.1) is 6.10 Å². The number of aromatic nitrogens is 1. The van der Waals surface area contributed by atoms with Crippen LogP contribution in [0.1, 0.15) is 17.3 Å². The van der Waals surface area contributed by atoms with Crippen LogP contribution < -0.4 is 0 Å². The maximum absolute atomic E-state index is 10.4. The van der Waals surface area contributed by atoms with Crippen molar-refractivity contribution < 1.29 is 9.94 Å². The summed E-state index contributed by atoms with van der Waals surface area (Å²) in [5.41, 5.74) is 3.62. The van der Waals surface area contributed by atoms with E-state index in [0.717, 1.165) is 29.9 Å². The summed E-state index contributed by atoms with van der Waals surface area (Å²) in [6, 6.07) is 8.29. The van der Waals surface area contributed by atoms with E-state index in [0.29, 0.717) is 5.94 Å². The topological polar surface area (TPSA) is 48.5 Å². The first-order valence-electron chi connectivity index (χ1n) is 6.59. The molecule has 4 rings (SSSR count). The van der Waals surface area contributed by atoms with E-state index in [-0.39, 0.29) is 12.1 Å². The third-order valence-electron chi connectivity index (χ3n) is 3.99. The van der Waals surface area contributed by atoms with E-state index in [4.69, 9.17) is 4.84 Å². The lowest BCUT2D eigenvalue weighted by molar-refractivity contribution is -0.190. The smallest absolute Gasteiger partial charge is 0.114 e. The highest BCUT2D eigenvalue weighted by molar-refractivity contribution is 7.99. The van der Waals surface area contributed by atoms with Crippen molar-refractivity contribution in [1.29, 1.82) is 0 Å². The van der Waals surface area contributed by atoms with Crippen molar-refractivity contribution in [2.75, 3.05) is 18.2 Å². The quantitative estimate of drug-likeness (QED) is 0.773. The van der Waals surface area contributed by atoms with Gasteiger partial charge in [0, 0.05) is 28.9 Å². The molecule has 2 aliphatic rings. The number of aromatic amines is 1. The van der Waals surface area contributed by atoms with Crippen molar-refractivity contribution in [3.8, 4) is 0 Å². The molecule has 0 amide bonds. The van der Waals surface area contributed by atoms with E-state index in [1.807, 2.05) is 11.1 Å². The normalized spacial score (nSPS) is 27.8. The van der Waals surface area contributed by atoms with Crippen LogP contribution in [0.2, 0.25) is 0 Å². The van der Waals surface area contributed by atoms with Crippen LogP contribution in [0.15, 0.2) is 24.3 Å². The van der Waals surface area contributed by atoms with Crippen LogP contribution in [0.5, 0.6) is 0 Å². The fourth-order valence-electron chi connectivity index (χ4n) is 3.14. The van der Waals surface area contributed by atoms with Crippen LogP contribution >= 0.6 is 11.8 Å². The zero-order chi connectivity index (χ0) is 12.8. The van der Waals surface area contributed by atoms with Crippen LogP contribution in [0.3, 0.4) is 0 Å². The number of nitrogens with zero attached hydrogens (tertiary/aromatic N) is 1. The lowest BCUT2D eigenvalue weighted by Crippen LogP contribution is -2.40. The molecular formula is C14H16N2O2S. The van der Waals surface area contributed by atoms with Gasteiger partial charge in [0.1, 0.15) is 12.0 Å². The van der Waals surface area contributed by atoms with Crippen LogP contribution in [0.25, 0.3) is 10.9 Å². The largest absolute Gasteiger partial charge is 0.390 e. The number of aliphatic hydroxyl groups excluding tert-OH is 1. The van der Waals surface area contributed by atoms with Crippen molar-refractivity contribution >= 4 is 22.7 Å². The molecule has 0 bridgehead atoms. The van der Waals surface area contributed by atoms with E-state index in [1.54, 1.807) is 11.8 Å². The second kappa shape index (κ2) is 4.52. The van der Waals surface area contributed by atoms with Crippen molar-refractivity contribution in [2.45, 2.75) is 18.6 Å². The number of H-pyrrole nitrogens is 1. The number of aliphatic hydroxyl groups is 1. The zero-order valence-electron chi connectivity index (χ0n) is 10.5. The van der Waals surface area contributed by atoms with Crippen molar-refractivity contribution in [3.05, 3.63) is 35.5 Å². The highest BCUT2D eigenvalue weighted by atomic mass is 32.2. The summed E-state index contributed by atoms with van der Waals surface area (Å²) in [6.07, 6.45) is 0.576. The fraction of sp³-hybridized carbons (Fsp3) is 0.429. The van der Waals surface area contributed by atoms with Crippen molar-refractivity contribution in [1.82, 2.24) is 10.0 Å².